The molecule has 0 bridgehead atoms. The number of ketones is 1. The Bertz CT molecular complexity index is 1020. The van der Waals surface area contributed by atoms with Gasteiger partial charge in [-0.1, -0.05) is 11.6 Å². The van der Waals surface area contributed by atoms with Gasteiger partial charge in [0.15, 0.2) is 11.5 Å². The third-order valence-electron chi connectivity index (χ3n) is 3.68. The fourth-order valence-electron chi connectivity index (χ4n) is 2.42. The van der Waals surface area contributed by atoms with E-state index in [1.807, 2.05) is 0 Å². The zero-order valence-corrected chi connectivity index (χ0v) is 13.6. The van der Waals surface area contributed by atoms with Crippen LogP contribution in [0.15, 0.2) is 41.3 Å². The second-order valence-electron chi connectivity index (χ2n) is 5.43. The lowest BCUT2D eigenvalue weighted by Gasteiger charge is -2.09. The van der Waals surface area contributed by atoms with Crippen LogP contribution >= 0.6 is 11.6 Å². The fourth-order valence-corrected chi connectivity index (χ4v) is 2.54. The highest BCUT2D eigenvalue weighted by Crippen LogP contribution is 2.27. The van der Waals surface area contributed by atoms with E-state index in [2.05, 4.69) is 4.98 Å². The quantitative estimate of drug-likeness (QED) is 0.665. The van der Waals surface area contributed by atoms with Crippen LogP contribution in [0, 0.1) is 6.92 Å². The van der Waals surface area contributed by atoms with Crippen LogP contribution in [0.25, 0.3) is 5.78 Å². The van der Waals surface area contributed by atoms with Crippen molar-refractivity contribution in [3.05, 3.63) is 68.9 Å². The molecule has 0 saturated carbocycles. The predicted molar refractivity (Wildman–Crippen MR) is 85.0 cm³/mol. The van der Waals surface area contributed by atoms with Crippen LogP contribution in [-0.2, 0) is 12.7 Å². The minimum absolute atomic E-state index is 0.236. The van der Waals surface area contributed by atoms with Crippen molar-refractivity contribution in [1.29, 1.82) is 0 Å². The molecule has 0 unspecified atom stereocenters. The SMILES string of the molecule is Cc1cn2c(=O)cc(C(F)(F)F)nc2n1CC(=O)c1ccc(Cl)cc1. The first-order valence-corrected chi connectivity index (χ1v) is 7.50. The average molecular weight is 370 g/mol. The van der Waals surface area contributed by atoms with Gasteiger partial charge in [0.1, 0.15) is 0 Å². The molecule has 9 heteroatoms. The van der Waals surface area contributed by atoms with Crippen molar-refractivity contribution in [2.45, 2.75) is 19.6 Å². The Morgan fingerprint density at radius 2 is 1.88 bits per heavy atom. The fraction of sp³-hybridized carbons (Fsp3) is 0.188. The molecule has 0 fully saturated rings. The molecule has 0 atom stereocenters. The summed E-state index contributed by atoms with van der Waals surface area (Å²) in [5.74, 6) is -0.579. The monoisotopic (exact) mass is 369 g/mol. The van der Waals surface area contributed by atoms with E-state index in [1.54, 1.807) is 19.1 Å². The molecule has 0 aliphatic rings. The van der Waals surface area contributed by atoms with Crippen molar-refractivity contribution < 1.29 is 18.0 Å². The first-order chi connectivity index (χ1) is 11.7. The normalized spacial score (nSPS) is 11.9. The van der Waals surface area contributed by atoms with E-state index in [4.69, 9.17) is 11.6 Å². The Labute approximate surface area is 144 Å². The van der Waals surface area contributed by atoms with E-state index >= 15 is 0 Å². The highest BCUT2D eigenvalue weighted by Gasteiger charge is 2.34. The summed E-state index contributed by atoms with van der Waals surface area (Å²) in [6.07, 6.45) is -3.41. The Hall–Kier alpha value is -2.61. The van der Waals surface area contributed by atoms with Gasteiger partial charge in [-0.15, -0.1) is 0 Å². The molecule has 5 nitrogen and oxygen atoms in total. The maximum absolute atomic E-state index is 12.9. The number of halogens is 4. The van der Waals surface area contributed by atoms with Crippen molar-refractivity contribution >= 4 is 23.2 Å². The summed E-state index contributed by atoms with van der Waals surface area (Å²) in [7, 11) is 0. The van der Waals surface area contributed by atoms with Gasteiger partial charge in [-0.05, 0) is 31.2 Å². The number of aromatic nitrogens is 3. The Morgan fingerprint density at radius 1 is 1.24 bits per heavy atom. The smallest absolute Gasteiger partial charge is 0.306 e. The van der Waals surface area contributed by atoms with Crippen LogP contribution in [0.5, 0.6) is 0 Å². The van der Waals surface area contributed by atoms with E-state index in [-0.39, 0.29) is 18.1 Å². The van der Waals surface area contributed by atoms with Crippen LogP contribution in [-0.4, -0.2) is 19.7 Å². The Kier molecular flexibility index (Phi) is 4.16. The van der Waals surface area contributed by atoms with Gasteiger partial charge in [0.05, 0.1) is 6.54 Å². The third-order valence-corrected chi connectivity index (χ3v) is 3.93. The van der Waals surface area contributed by atoms with Crippen molar-refractivity contribution in [1.82, 2.24) is 14.0 Å². The molecule has 0 amide bonds. The summed E-state index contributed by atoms with van der Waals surface area (Å²) in [5, 5.41) is 0.460. The summed E-state index contributed by atoms with van der Waals surface area (Å²) >= 11 is 5.77. The van der Waals surface area contributed by atoms with E-state index in [1.165, 1.54) is 22.9 Å². The van der Waals surface area contributed by atoms with Crippen LogP contribution in [0.3, 0.4) is 0 Å². The summed E-state index contributed by atoms with van der Waals surface area (Å²) in [4.78, 5) is 27.8. The third kappa shape index (κ3) is 3.30. The topological polar surface area (TPSA) is 56.4 Å². The number of aryl methyl sites for hydroxylation is 1. The summed E-state index contributed by atoms with van der Waals surface area (Å²) in [6.45, 7) is 1.33. The minimum Gasteiger partial charge on any atom is -0.306 e. The molecular weight excluding hydrogens is 359 g/mol. The van der Waals surface area contributed by atoms with E-state index < -0.39 is 17.4 Å². The number of rotatable bonds is 3. The van der Waals surface area contributed by atoms with Crippen LogP contribution in [0.4, 0.5) is 13.2 Å². The predicted octanol–water partition coefficient (Wildman–Crippen LogP) is 3.36. The number of imidazole rings is 1. The molecule has 2 heterocycles. The standard InChI is InChI=1S/C16H11ClF3N3O2/c1-9-7-23-14(25)6-13(16(18,19)20)21-15(23)22(9)8-12(24)10-2-4-11(17)5-3-10/h2-7H,8H2,1H3. The molecule has 25 heavy (non-hydrogen) atoms. The zero-order valence-electron chi connectivity index (χ0n) is 12.8. The number of hydrogen-bond acceptors (Lipinski definition) is 3. The van der Waals surface area contributed by atoms with Crippen molar-refractivity contribution in [2.24, 2.45) is 0 Å². The largest absolute Gasteiger partial charge is 0.433 e. The van der Waals surface area contributed by atoms with Gasteiger partial charge in [0.25, 0.3) is 5.56 Å². The average Bonchev–Trinajstić information content (AvgIpc) is 2.84. The molecule has 0 spiro atoms. The lowest BCUT2D eigenvalue weighted by molar-refractivity contribution is -0.141. The molecule has 0 aliphatic carbocycles. The first-order valence-electron chi connectivity index (χ1n) is 7.12. The molecule has 1 aromatic carbocycles. The molecule has 3 aromatic rings. The van der Waals surface area contributed by atoms with Gasteiger partial charge in [0.2, 0.25) is 5.78 Å². The molecule has 0 saturated heterocycles. The number of carbonyl (C=O) groups excluding carboxylic acids is 1. The molecule has 0 aliphatic heterocycles. The molecular formula is C16H11ClF3N3O2. The van der Waals surface area contributed by atoms with Crippen LogP contribution in [0.1, 0.15) is 21.7 Å². The first kappa shape index (κ1) is 17.2. The number of hydrogen-bond donors (Lipinski definition) is 0. The van der Waals surface area contributed by atoms with Gasteiger partial charge in [-0.2, -0.15) is 13.2 Å². The summed E-state index contributed by atoms with van der Waals surface area (Å²) in [5.41, 5.74) is -1.37. The Balaban J connectivity index is 2.08. The minimum atomic E-state index is -4.75. The van der Waals surface area contributed by atoms with E-state index in [0.717, 1.165) is 4.40 Å². The Morgan fingerprint density at radius 3 is 2.48 bits per heavy atom. The van der Waals surface area contributed by atoms with Crippen molar-refractivity contribution in [3.8, 4) is 0 Å². The molecule has 0 radical (unpaired) electrons. The van der Waals surface area contributed by atoms with Crippen molar-refractivity contribution in [2.75, 3.05) is 0 Å². The number of carbonyl (C=O) groups is 1. The van der Waals surface area contributed by atoms with Gasteiger partial charge in [-0.3, -0.25) is 14.0 Å². The van der Waals surface area contributed by atoms with E-state index in [9.17, 15) is 22.8 Å². The van der Waals surface area contributed by atoms with Crippen molar-refractivity contribution in [3.63, 3.8) is 0 Å². The maximum Gasteiger partial charge on any atom is 0.433 e. The number of alkyl halides is 3. The van der Waals surface area contributed by atoms with Gasteiger partial charge in [0, 0.05) is 28.5 Å². The molecule has 130 valence electrons. The van der Waals surface area contributed by atoms with Gasteiger partial charge >= 0.3 is 6.18 Å². The van der Waals surface area contributed by atoms with Gasteiger partial charge < -0.3 is 4.57 Å². The van der Waals surface area contributed by atoms with Gasteiger partial charge in [-0.25, -0.2) is 4.98 Å². The summed E-state index contributed by atoms with van der Waals surface area (Å²) in [6, 6.07) is 6.55. The lowest BCUT2D eigenvalue weighted by Crippen LogP contribution is -2.21. The summed E-state index contributed by atoms with van der Waals surface area (Å²) < 4.78 is 41.0. The molecule has 0 N–H and O–H groups in total. The molecule has 2 aromatic heterocycles. The highest BCUT2D eigenvalue weighted by molar-refractivity contribution is 6.30. The number of nitrogens with zero attached hydrogens (tertiary/aromatic N) is 3. The number of fused-ring (bicyclic) bond motifs is 1. The molecule has 3 rings (SSSR count). The van der Waals surface area contributed by atoms with Crippen LogP contribution < -0.4 is 5.56 Å². The maximum atomic E-state index is 12.9. The highest BCUT2D eigenvalue weighted by atomic mass is 35.5. The van der Waals surface area contributed by atoms with Crippen LogP contribution in [0.2, 0.25) is 5.02 Å². The lowest BCUT2D eigenvalue weighted by atomic mass is 10.1. The number of benzene rings is 1. The second kappa shape index (κ2) is 6.03. The zero-order chi connectivity index (χ0) is 18.4. The van der Waals surface area contributed by atoms with E-state index in [0.29, 0.717) is 22.3 Å². The number of Topliss-reactive ketones (excluding diaryl/α,β-unsaturated/α-hetero) is 1. The second-order valence-corrected chi connectivity index (χ2v) is 5.87.